The Labute approximate surface area is 215 Å². The molecule has 0 bridgehead atoms. The van der Waals surface area contributed by atoms with Crippen LogP contribution in [-0.2, 0) is 0 Å². The molecule has 0 amide bonds. The Bertz CT molecular complexity index is 925. The first-order valence-electron chi connectivity index (χ1n) is 13.3. The predicted octanol–water partition coefficient (Wildman–Crippen LogP) is 9.57. The second-order valence-corrected chi connectivity index (χ2v) is 13.4. The van der Waals surface area contributed by atoms with Crippen molar-refractivity contribution in [2.24, 2.45) is 4.99 Å². The summed E-state index contributed by atoms with van der Waals surface area (Å²) in [6, 6.07) is 14.8. The van der Waals surface area contributed by atoms with Crippen LogP contribution in [0.2, 0.25) is 0 Å². The maximum Gasteiger partial charge on any atom is 0.197 e. The third-order valence-corrected chi connectivity index (χ3v) is 10.4. The third kappa shape index (κ3) is 8.09. The zero-order valence-electron chi connectivity index (χ0n) is 21.2. The summed E-state index contributed by atoms with van der Waals surface area (Å²) in [4.78, 5) is 5.08. The van der Waals surface area contributed by atoms with Gasteiger partial charge in [-0.1, -0.05) is 56.7 Å². The first-order valence-corrected chi connectivity index (χ1v) is 15.1. The molecule has 0 unspecified atom stereocenters. The molecule has 2 aliphatic carbocycles. The average molecular weight is 496 g/mol. The van der Waals surface area contributed by atoms with E-state index in [9.17, 15) is 0 Å². The highest BCUT2D eigenvalue weighted by Crippen LogP contribution is 2.42. The van der Waals surface area contributed by atoms with Crippen LogP contribution >= 0.6 is 23.5 Å². The minimum absolute atomic E-state index is 0.501. The van der Waals surface area contributed by atoms with Crippen LogP contribution in [0, 0.1) is 20.8 Å². The highest BCUT2D eigenvalue weighted by atomic mass is 32.2. The number of benzene rings is 2. The molecule has 2 aromatic rings. The van der Waals surface area contributed by atoms with E-state index >= 15 is 0 Å². The van der Waals surface area contributed by atoms with Gasteiger partial charge in [0.25, 0.3) is 0 Å². The molecule has 2 nitrogen and oxygen atoms in total. The monoisotopic (exact) mass is 495 g/mol. The van der Waals surface area contributed by atoms with Crippen molar-refractivity contribution >= 4 is 35.1 Å². The first kappa shape index (κ1) is 25.7. The van der Waals surface area contributed by atoms with Gasteiger partial charge in [-0.3, -0.25) is 0 Å². The summed E-state index contributed by atoms with van der Waals surface area (Å²) in [6.45, 7) is 6.44. The van der Waals surface area contributed by atoms with E-state index in [4.69, 9.17) is 9.73 Å². The van der Waals surface area contributed by atoms with Crippen LogP contribution in [0.25, 0.3) is 0 Å². The lowest BCUT2D eigenvalue weighted by molar-refractivity contribution is 0.511. The summed E-state index contributed by atoms with van der Waals surface area (Å²) in [7, 11) is 0. The largest absolute Gasteiger partial charge is 0.443 e. The van der Waals surface area contributed by atoms with Crippen LogP contribution in [0.5, 0.6) is 5.75 Å². The van der Waals surface area contributed by atoms with E-state index in [2.05, 4.69) is 86.8 Å². The molecule has 0 spiro atoms. The maximum absolute atomic E-state index is 6.50. The Hall–Kier alpha value is -1.39. The van der Waals surface area contributed by atoms with Crippen molar-refractivity contribution in [3.05, 3.63) is 59.2 Å². The molecule has 4 heteroatoms. The highest BCUT2D eigenvalue weighted by molar-refractivity contribution is 8.17. The van der Waals surface area contributed by atoms with Crippen molar-refractivity contribution < 1.29 is 4.74 Å². The second-order valence-electron chi connectivity index (χ2n) is 10.1. The molecule has 34 heavy (non-hydrogen) atoms. The van der Waals surface area contributed by atoms with Crippen molar-refractivity contribution in [3.8, 4) is 5.75 Å². The molecule has 0 atom stereocenters. The Kier molecular flexibility index (Phi) is 9.87. The van der Waals surface area contributed by atoms with Gasteiger partial charge < -0.3 is 4.74 Å². The van der Waals surface area contributed by atoms with E-state index in [1.807, 2.05) is 0 Å². The molecule has 2 aromatic carbocycles. The van der Waals surface area contributed by atoms with Gasteiger partial charge in [0.15, 0.2) is 5.90 Å². The molecule has 2 saturated carbocycles. The summed E-state index contributed by atoms with van der Waals surface area (Å²) >= 11 is 4.44. The highest BCUT2D eigenvalue weighted by Gasteiger charge is 2.26. The number of rotatable bonds is 8. The molecule has 2 fully saturated rings. The summed E-state index contributed by atoms with van der Waals surface area (Å²) in [6.07, 6.45) is 14.7. The summed E-state index contributed by atoms with van der Waals surface area (Å²) in [5.41, 5.74) is 4.79. The fourth-order valence-electron chi connectivity index (χ4n) is 4.97. The Morgan fingerprint density at radius 2 is 1.47 bits per heavy atom. The Morgan fingerprint density at radius 1 is 0.824 bits per heavy atom. The van der Waals surface area contributed by atoms with Crippen LogP contribution in [0.15, 0.2) is 47.5 Å². The molecular formula is C30H41NOS2. The predicted molar refractivity (Wildman–Crippen MR) is 152 cm³/mol. The number of aryl methyl sites for hydroxylation is 3. The van der Waals surface area contributed by atoms with Crippen LogP contribution in [0.3, 0.4) is 0 Å². The minimum atomic E-state index is 0.501. The van der Waals surface area contributed by atoms with Gasteiger partial charge >= 0.3 is 0 Å². The minimum Gasteiger partial charge on any atom is -0.443 e. The second kappa shape index (κ2) is 13.1. The molecule has 0 saturated heterocycles. The third-order valence-electron chi connectivity index (χ3n) is 7.10. The molecule has 4 rings (SSSR count). The van der Waals surface area contributed by atoms with Crippen LogP contribution in [0.1, 0.15) is 87.3 Å². The summed E-state index contributed by atoms with van der Waals surface area (Å²) in [5, 5.41) is 1.58. The number of nitrogens with zero attached hydrogens (tertiary/aromatic N) is 1. The zero-order valence-corrected chi connectivity index (χ0v) is 22.9. The number of aliphatic imine (C=N–C) groups is 1. The smallest absolute Gasteiger partial charge is 0.197 e. The Morgan fingerprint density at radius 3 is 2.06 bits per heavy atom. The van der Waals surface area contributed by atoms with Gasteiger partial charge in [0, 0.05) is 16.9 Å². The molecule has 184 valence electrons. The number of thioether (sulfide) groups is 2. The van der Waals surface area contributed by atoms with Crippen LogP contribution in [0.4, 0.5) is 5.69 Å². The van der Waals surface area contributed by atoms with Gasteiger partial charge in [-0.2, -0.15) is 0 Å². The normalized spacial score (nSPS) is 18.4. The molecule has 0 N–H and O–H groups in total. The van der Waals surface area contributed by atoms with Crippen molar-refractivity contribution in [1.29, 1.82) is 0 Å². The van der Waals surface area contributed by atoms with Crippen molar-refractivity contribution in [2.45, 2.75) is 106 Å². The maximum atomic E-state index is 6.50. The molecule has 0 heterocycles. The molecule has 2 aliphatic rings. The van der Waals surface area contributed by atoms with Crippen molar-refractivity contribution in [2.75, 3.05) is 0 Å². The summed E-state index contributed by atoms with van der Waals surface area (Å²) < 4.78 is 7.00. The Balaban J connectivity index is 1.57. The lowest BCUT2D eigenvalue weighted by atomic mass is 10.0. The van der Waals surface area contributed by atoms with Gasteiger partial charge in [-0.15, -0.1) is 23.5 Å². The van der Waals surface area contributed by atoms with E-state index in [0.29, 0.717) is 4.58 Å². The van der Waals surface area contributed by atoms with E-state index in [-0.39, 0.29) is 0 Å². The number of ether oxygens (including phenoxy) is 1. The van der Waals surface area contributed by atoms with Crippen LogP contribution in [-0.4, -0.2) is 21.0 Å². The molecule has 0 radical (unpaired) electrons. The van der Waals surface area contributed by atoms with Gasteiger partial charge in [0.2, 0.25) is 0 Å². The zero-order chi connectivity index (χ0) is 23.8. The SMILES string of the molecule is Cc1cccc(OC(CC(SC2CCCCC2)SC2CCCCC2)=Nc2ccc(C)c(C)c2)c1. The summed E-state index contributed by atoms with van der Waals surface area (Å²) in [5.74, 6) is 1.75. The number of hydrogen-bond donors (Lipinski definition) is 0. The molecular weight excluding hydrogens is 454 g/mol. The lowest BCUT2D eigenvalue weighted by Crippen LogP contribution is -2.21. The first-order chi connectivity index (χ1) is 16.5. The molecule has 0 aromatic heterocycles. The van der Waals surface area contributed by atoms with E-state index in [1.54, 1.807) is 0 Å². The van der Waals surface area contributed by atoms with Gasteiger partial charge in [0.1, 0.15) is 5.75 Å². The van der Waals surface area contributed by atoms with Gasteiger partial charge in [-0.25, -0.2) is 4.99 Å². The van der Waals surface area contributed by atoms with Crippen LogP contribution < -0.4 is 4.74 Å². The van der Waals surface area contributed by atoms with Crippen molar-refractivity contribution in [1.82, 2.24) is 0 Å². The van der Waals surface area contributed by atoms with Gasteiger partial charge in [0.05, 0.1) is 10.3 Å². The topological polar surface area (TPSA) is 21.6 Å². The lowest BCUT2D eigenvalue weighted by Gasteiger charge is -2.30. The fourth-order valence-corrected chi connectivity index (χ4v) is 8.71. The fraction of sp³-hybridized carbons (Fsp3) is 0.567. The molecule has 0 aliphatic heterocycles. The van der Waals surface area contributed by atoms with E-state index in [1.165, 1.54) is 80.9 Å². The van der Waals surface area contributed by atoms with E-state index < -0.39 is 0 Å². The number of hydrogen-bond acceptors (Lipinski definition) is 4. The standard InChI is InChI=1S/C30H41NOS2/c1-22-11-10-12-26(19-22)32-29(31-25-18-17-23(2)24(3)20-25)21-30(33-27-13-6-4-7-14-27)34-28-15-8-5-9-16-28/h10-12,17-20,27-28,30H,4-9,13-16,21H2,1-3H3. The quantitative estimate of drug-likeness (QED) is 0.207. The van der Waals surface area contributed by atoms with Gasteiger partial charge in [-0.05, 0) is 87.4 Å². The van der Waals surface area contributed by atoms with Crippen molar-refractivity contribution in [3.63, 3.8) is 0 Å². The average Bonchev–Trinajstić information content (AvgIpc) is 2.83. The van der Waals surface area contributed by atoms with E-state index in [0.717, 1.165) is 34.3 Å².